The third kappa shape index (κ3) is 1.94. The van der Waals surface area contributed by atoms with Crippen molar-refractivity contribution >= 4 is 11.4 Å². The highest BCUT2D eigenvalue weighted by Gasteiger charge is 2.17. The summed E-state index contributed by atoms with van der Waals surface area (Å²) in [6.45, 7) is 4.22. The van der Waals surface area contributed by atoms with Crippen LogP contribution in [0.1, 0.15) is 16.7 Å². The topological polar surface area (TPSA) is 29.3 Å². The predicted molar refractivity (Wildman–Crippen MR) is 76.8 cm³/mol. The van der Waals surface area contributed by atoms with Crippen LogP contribution >= 0.6 is 0 Å². The fourth-order valence-corrected chi connectivity index (χ4v) is 2.70. The van der Waals surface area contributed by atoms with Crippen molar-refractivity contribution in [3.05, 3.63) is 59.2 Å². The number of nitrogens with two attached hydrogens (primary N) is 1. The number of fused-ring (bicyclic) bond motifs is 1. The van der Waals surface area contributed by atoms with Crippen LogP contribution < -0.4 is 10.6 Å². The van der Waals surface area contributed by atoms with Gasteiger partial charge in [-0.2, -0.15) is 0 Å². The number of benzene rings is 2. The molecule has 0 saturated carbocycles. The van der Waals surface area contributed by atoms with E-state index in [1.165, 1.54) is 22.4 Å². The van der Waals surface area contributed by atoms with Gasteiger partial charge in [-0.15, -0.1) is 0 Å². The van der Waals surface area contributed by atoms with Crippen LogP contribution in [0.25, 0.3) is 0 Å². The van der Waals surface area contributed by atoms with Crippen molar-refractivity contribution in [3.8, 4) is 0 Å². The number of aryl methyl sites for hydroxylation is 1. The summed E-state index contributed by atoms with van der Waals surface area (Å²) in [6, 6.07) is 14.9. The summed E-state index contributed by atoms with van der Waals surface area (Å²) in [6.07, 6.45) is 1.10. The number of nitrogens with zero attached hydrogens (tertiary/aromatic N) is 1. The molecule has 0 fully saturated rings. The summed E-state index contributed by atoms with van der Waals surface area (Å²) in [5, 5.41) is 0. The Morgan fingerprint density at radius 2 is 1.89 bits per heavy atom. The first-order valence-electron chi connectivity index (χ1n) is 6.42. The fourth-order valence-electron chi connectivity index (χ4n) is 2.70. The van der Waals surface area contributed by atoms with Gasteiger partial charge in [-0.25, -0.2) is 0 Å². The summed E-state index contributed by atoms with van der Waals surface area (Å²) < 4.78 is 0. The lowest BCUT2D eigenvalue weighted by Crippen LogP contribution is -2.30. The van der Waals surface area contributed by atoms with Crippen molar-refractivity contribution in [2.75, 3.05) is 17.2 Å². The van der Waals surface area contributed by atoms with Gasteiger partial charge >= 0.3 is 0 Å². The molecule has 0 bridgehead atoms. The van der Waals surface area contributed by atoms with E-state index in [-0.39, 0.29) is 0 Å². The Bertz CT molecular complexity index is 575. The smallest absolute Gasteiger partial charge is 0.0433 e. The maximum Gasteiger partial charge on any atom is 0.0433 e. The van der Waals surface area contributed by atoms with Gasteiger partial charge in [0.2, 0.25) is 0 Å². The van der Waals surface area contributed by atoms with E-state index in [1.54, 1.807) is 0 Å². The van der Waals surface area contributed by atoms with Gasteiger partial charge in [0, 0.05) is 24.5 Å². The van der Waals surface area contributed by atoms with Crippen LogP contribution in [-0.2, 0) is 13.0 Å². The Balaban J connectivity index is 1.93. The monoisotopic (exact) mass is 238 g/mol. The van der Waals surface area contributed by atoms with Crippen LogP contribution in [0.5, 0.6) is 0 Å². The van der Waals surface area contributed by atoms with E-state index < -0.39 is 0 Å². The number of nitrogen functional groups attached to an aromatic ring is 1. The predicted octanol–water partition coefficient (Wildman–Crippen LogP) is 3.14. The Morgan fingerprint density at radius 1 is 1.06 bits per heavy atom. The normalized spacial score (nSPS) is 14.4. The summed E-state index contributed by atoms with van der Waals surface area (Å²) in [7, 11) is 0. The summed E-state index contributed by atoms with van der Waals surface area (Å²) in [4.78, 5) is 2.44. The van der Waals surface area contributed by atoms with E-state index in [2.05, 4.69) is 48.2 Å². The van der Waals surface area contributed by atoms with Gasteiger partial charge in [-0.3, -0.25) is 0 Å². The minimum Gasteiger partial charge on any atom is -0.399 e. The molecule has 0 amide bonds. The van der Waals surface area contributed by atoms with E-state index >= 15 is 0 Å². The van der Waals surface area contributed by atoms with Crippen molar-refractivity contribution in [3.63, 3.8) is 0 Å². The number of anilines is 2. The molecular weight excluding hydrogens is 220 g/mol. The van der Waals surface area contributed by atoms with Crippen LogP contribution in [-0.4, -0.2) is 6.54 Å². The maximum atomic E-state index is 5.88. The molecular formula is C16H18N2. The lowest BCUT2D eigenvalue weighted by Gasteiger charge is -2.32. The number of para-hydroxylation sites is 1. The zero-order valence-electron chi connectivity index (χ0n) is 10.7. The second kappa shape index (κ2) is 4.37. The van der Waals surface area contributed by atoms with Gasteiger partial charge in [-0.05, 0) is 48.2 Å². The molecule has 2 N–H and O–H groups in total. The maximum absolute atomic E-state index is 5.88. The lowest BCUT2D eigenvalue weighted by atomic mass is 9.98. The molecule has 1 aliphatic rings. The van der Waals surface area contributed by atoms with E-state index in [4.69, 9.17) is 5.73 Å². The second-order valence-corrected chi connectivity index (χ2v) is 4.99. The van der Waals surface area contributed by atoms with Crippen LogP contribution in [0.15, 0.2) is 42.5 Å². The van der Waals surface area contributed by atoms with E-state index in [0.717, 1.165) is 25.2 Å². The zero-order valence-corrected chi connectivity index (χ0v) is 10.7. The Labute approximate surface area is 108 Å². The van der Waals surface area contributed by atoms with Crippen LogP contribution in [0.2, 0.25) is 0 Å². The molecule has 0 unspecified atom stereocenters. The third-order valence-electron chi connectivity index (χ3n) is 3.70. The van der Waals surface area contributed by atoms with Crippen LogP contribution in [0, 0.1) is 6.92 Å². The van der Waals surface area contributed by atoms with Crippen molar-refractivity contribution in [1.82, 2.24) is 0 Å². The van der Waals surface area contributed by atoms with Gasteiger partial charge < -0.3 is 10.6 Å². The minimum atomic E-state index is 0.861. The van der Waals surface area contributed by atoms with E-state index in [9.17, 15) is 0 Å². The molecule has 92 valence electrons. The molecule has 0 aliphatic carbocycles. The van der Waals surface area contributed by atoms with Crippen molar-refractivity contribution in [1.29, 1.82) is 0 Å². The first-order chi connectivity index (χ1) is 8.74. The first kappa shape index (κ1) is 11.1. The van der Waals surface area contributed by atoms with Gasteiger partial charge in [-0.1, -0.05) is 24.3 Å². The summed E-state index contributed by atoms with van der Waals surface area (Å²) in [5.74, 6) is 0. The molecule has 0 aromatic heterocycles. The van der Waals surface area contributed by atoms with Crippen molar-refractivity contribution < 1.29 is 0 Å². The highest BCUT2D eigenvalue weighted by molar-refractivity contribution is 5.56. The summed E-state index contributed by atoms with van der Waals surface area (Å²) >= 11 is 0. The fraction of sp³-hybridized carbons (Fsp3) is 0.250. The lowest BCUT2D eigenvalue weighted by molar-refractivity contribution is 0.730. The number of hydrogen-bond donors (Lipinski definition) is 1. The third-order valence-corrected chi connectivity index (χ3v) is 3.70. The average Bonchev–Trinajstić information content (AvgIpc) is 2.38. The molecule has 2 aromatic carbocycles. The molecule has 2 nitrogen and oxygen atoms in total. The Morgan fingerprint density at radius 3 is 2.72 bits per heavy atom. The number of rotatable bonds is 1. The first-order valence-corrected chi connectivity index (χ1v) is 6.42. The van der Waals surface area contributed by atoms with Gasteiger partial charge in [0.25, 0.3) is 0 Å². The highest BCUT2D eigenvalue weighted by atomic mass is 15.1. The Kier molecular flexibility index (Phi) is 2.71. The molecule has 18 heavy (non-hydrogen) atoms. The van der Waals surface area contributed by atoms with E-state index in [1.807, 2.05) is 6.07 Å². The summed E-state index contributed by atoms with van der Waals surface area (Å²) in [5.41, 5.74) is 12.2. The molecule has 0 atom stereocenters. The molecule has 1 aliphatic heterocycles. The standard InChI is InChI=1S/C16H18N2/c1-12-4-2-3-5-16(12)18-9-8-13-6-7-15(17)10-14(13)11-18/h2-7,10H,8-9,11,17H2,1H3. The molecule has 2 aromatic rings. The molecule has 0 saturated heterocycles. The average molecular weight is 238 g/mol. The van der Waals surface area contributed by atoms with Crippen molar-refractivity contribution in [2.24, 2.45) is 0 Å². The SMILES string of the molecule is Cc1ccccc1N1CCc2ccc(N)cc2C1. The van der Waals surface area contributed by atoms with Gasteiger partial charge in [0.15, 0.2) is 0 Å². The van der Waals surface area contributed by atoms with Crippen LogP contribution in [0.3, 0.4) is 0 Å². The minimum absolute atomic E-state index is 0.861. The van der Waals surface area contributed by atoms with Crippen molar-refractivity contribution in [2.45, 2.75) is 19.9 Å². The second-order valence-electron chi connectivity index (χ2n) is 4.99. The Hall–Kier alpha value is -1.96. The molecule has 3 rings (SSSR count). The van der Waals surface area contributed by atoms with Gasteiger partial charge in [0.05, 0.1) is 0 Å². The molecule has 0 spiro atoms. The zero-order chi connectivity index (χ0) is 12.5. The van der Waals surface area contributed by atoms with Gasteiger partial charge in [0.1, 0.15) is 0 Å². The number of hydrogen-bond acceptors (Lipinski definition) is 2. The molecule has 1 heterocycles. The molecule has 0 radical (unpaired) electrons. The van der Waals surface area contributed by atoms with Crippen LogP contribution in [0.4, 0.5) is 11.4 Å². The van der Waals surface area contributed by atoms with E-state index in [0.29, 0.717) is 0 Å². The quantitative estimate of drug-likeness (QED) is 0.773. The highest BCUT2D eigenvalue weighted by Crippen LogP contribution is 2.27. The largest absolute Gasteiger partial charge is 0.399 e. The molecule has 2 heteroatoms.